The molecule has 0 spiro atoms. The molecule has 7 nitrogen and oxygen atoms in total. The van der Waals surface area contributed by atoms with Crippen molar-refractivity contribution >= 4 is 28.1 Å². The molecule has 2 heterocycles. The first-order chi connectivity index (χ1) is 14.0. The number of aromatic hydroxyl groups is 1. The largest absolute Gasteiger partial charge is 0.502 e. The third-order valence-electron chi connectivity index (χ3n) is 4.38. The van der Waals surface area contributed by atoms with E-state index in [1.807, 2.05) is 6.07 Å². The number of methoxy groups -OCH3 is 2. The van der Waals surface area contributed by atoms with Crippen LogP contribution in [0.5, 0.6) is 17.2 Å². The Labute approximate surface area is 169 Å². The number of phenols is 1. The maximum absolute atomic E-state index is 12.8. The lowest BCUT2D eigenvalue weighted by Gasteiger charge is -2.09. The Bertz CT molecular complexity index is 1360. The highest BCUT2D eigenvalue weighted by molar-refractivity contribution is 7.15. The monoisotopic (exact) mass is 405 g/mol. The number of benzene rings is 2. The molecule has 0 fully saturated rings. The summed E-state index contributed by atoms with van der Waals surface area (Å²) in [6, 6.07) is 10.4. The van der Waals surface area contributed by atoms with Crippen molar-refractivity contribution < 1.29 is 14.6 Å². The van der Waals surface area contributed by atoms with Gasteiger partial charge in [0.15, 0.2) is 22.1 Å². The van der Waals surface area contributed by atoms with Crippen LogP contribution in [0.25, 0.3) is 27.1 Å². The van der Waals surface area contributed by atoms with Gasteiger partial charge in [-0.05, 0) is 35.4 Å². The molecule has 1 N–H and O–H groups in total. The number of thiazole rings is 1. The van der Waals surface area contributed by atoms with Crippen molar-refractivity contribution in [3.63, 3.8) is 0 Å². The second-order valence-electron chi connectivity index (χ2n) is 6.13. The number of aromatic nitrogens is 2. The van der Waals surface area contributed by atoms with Gasteiger partial charge in [0.25, 0.3) is 5.56 Å². The third kappa shape index (κ3) is 3.28. The first-order valence-corrected chi connectivity index (χ1v) is 9.32. The van der Waals surface area contributed by atoms with Crippen LogP contribution in [-0.2, 0) is 0 Å². The number of rotatable bonds is 4. The van der Waals surface area contributed by atoms with Crippen LogP contribution in [0.3, 0.4) is 0 Å². The van der Waals surface area contributed by atoms with Crippen molar-refractivity contribution in [3.05, 3.63) is 74.5 Å². The number of fused-ring (bicyclic) bond motifs is 1. The van der Waals surface area contributed by atoms with Crippen molar-refractivity contribution in [2.24, 2.45) is 0 Å². The Morgan fingerprint density at radius 3 is 2.55 bits per heavy atom. The Balaban J connectivity index is 1.81. The average Bonchev–Trinajstić information content (AvgIpc) is 3.28. The fraction of sp³-hybridized carbons (Fsp3) is 0.0952. The van der Waals surface area contributed by atoms with Crippen molar-refractivity contribution in [1.82, 2.24) is 9.38 Å². The highest BCUT2D eigenvalue weighted by Gasteiger charge is 2.13. The topological polar surface area (TPSA) is 77.4 Å². The zero-order valence-electron chi connectivity index (χ0n) is 15.5. The first kappa shape index (κ1) is 18.5. The Kier molecular flexibility index (Phi) is 4.66. The van der Waals surface area contributed by atoms with Gasteiger partial charge in [-0.2, -0.15) is 0 Å². The molecule has 2 aromatic heterocycles. The van der Waals surface area contributed by atoms with E-state index >= 15 is 0 Å². The van der Waals surface area contributed by atoms with Crippen LogP contribution in [0.4, 0.5) is 5.69 Å². The predicted molar refractivity (Wildman–Crippen MR) is 111 cm³/mol. The Morgan fingerprint density at radius 2 is 1.93 bits per heavy atom. The molecular formula is C21H15N3O4S. The molecule has 0 bridgehead atoms. The molecule has 0 unspecified atom stereocenters. The van der Waals surface area contributed by atoms with E-state index in [0.29, 0.717) is 26.4 Å². The van der Waals surface area contributed by atoms with Crippen LogP contribution < -0.4 is 19.6 Å². The van der Waals surface area contributed by atoms with Crippen LogP contribution in [0, 0.1) is 6.57 Å². The first-order valence-electron chi connectivity index (χ1n) is 8.50. The molecule has 0 amide bonds. The molecule has 0 saturated heterocycles. The van der Waals surface area contributed by atoms with Gasteiger partial charge in [0.1, 0.15) is 0 Å². The third-order valence-corrected chi connectivity index (χ3v) is 5.36. The molecule has 0 aliphatic heterocycles. The van der Waals surface area contributed by atoms with E-state index in [-0.39, 0.29) is 22.8 Å². The lowest BCUT2D eigenvalue weighted by molar-refractivity contribution is 0.340. The quantitative estimate of drug-likeness (QED) is 0.528. The normalized spacial score (nSPS) is 11.6. The van der Waals surface area contributed by atoms with E-state index in [4.69, 9.17) is 16.0 Å². The Hall–Kier alpha value is -3.83. The van der Waals surface area contributed by atoms with Crippen molar-refractivity contribution in [2.45, 2.75) is 0 Å². The van der Waals surface area contributed by atoms with Gasteiger partial charge in [-0.3, -0.25) is 9.20 Å². The highest BCUT2D eigenvalue weighted by atomic mass is 32.1. The summed E-state index contributed by atoms with van der Waals surface area (Å²) < 4.78 is 12.3. The van der Waals surface area contributed by atoms with Gasteiger partial charge in [-0.1, -0.05) is 29.5 Å². The molecule has 8 heteroatoms. The van der Waals surface area contributed by atoms with E-state index in [1.54, 1.807) is 42.6 Å². The number of nitrogens with zero attached hydrogens (tertiary/aromatic N) is 3. The maximum Gasteiger partial charge on any atom is 0.274 e. The van der Waals surface area contributed by atoms with E-state index < -0.39 is 0 Å². The van der Waals surface area contributed by atoms with Gasteiger partial charge in [0.05, 0.1) is 31.0 Å². The van der Waals surface area contributed by atoms with Crippen molar-refractivity contribution in [2.75, 3.05) is 14.2 Å². The maximum atomic E-state index is 12.8. The summed E-state index contributed by atoms with van der Waals surface area (Å²) in [5, 5.41) is 10.0. The van der Waals surface area contributed by atoms with Crippen LogP contribution in [-0.4, -0.2) is 28.7 Å². The number of phenolic OH excluding ortho intramolecular Hbond substituents is 1. The minimum absolute atomic E-state index is 0.0956. The van der Waals surface area contributed by atoms with Gasteiger partial charge in [0.2, 0.25) is 5.75 Å². The summed E-state index contributed by atoms with van der Waals surface area (Å²) in [5.41, 5.74) is 2.40. The lowest BCUT2D eigenvalue weighted by Crippen LogP contribution is -2.22. The average molecular weight is 405 g/mol. The Morgan fingerprint density at radius 1 is 1.21 bits per heavy atom. The van der Waals surface area contributed by atoms with Crippen LogP contribution in [0.1, 0.15) is 5.56 Å². The van der Waals surface area contributed by atoms with Gasteiger partial charge >= 0.3 is 0 Å². The van der Waals surface area contributed by atoms with Gasteiger partial charge in [-0.15, -0.1) is 0 Å². The smallest absolute Gasteiger partial charge is 0.274 e. The highest BCUT2D eigenvalue weighted by Crippen LogP contribution is 2.37. The second kappa shape index (κ2) is 7.30. The summed E-state index contributed by atoms with van der Waals surface area (Å²) in [5.74, 6) is 0.416. The molecule has 2 aromatic carbocycles. The summed E-state index contributed by atoms with van der Waals surface area (Å²) in [6.07, 6.45) is 3.37. The number of ether oxygens (including phenoxy) is 2. The minimum Gasteiger partial charge on any atom is -0.502 e. The second-order valence-corrected chi connectivity index (χ2v) is 7.14. The predicted octanol–water partition coefficient (Wildman–Crippen LogP) is 3.24. The van der Waals surface area contributed by atoms with Crippen LogP contribution >= 0.6 is 11.3 Å². The summed E-state index contributed by atoms with van der Waals surface area (Å²) in [6.45, 7) is 7.13. The molecule has 4 aromatic rings. The molecule has 0 radical (unpaired) electrons. The molecule has 0 aliphatic carbocycles. The van der Waals surface area contributed by atoms with Crippen molar-refractivity contribution in [3.8, 4) is 28.5 Å². The summed E-state index contributed by atoms with van der Waals surface area (Å²) >= 11 is 1.25. The van der Waals surface area contributed by atoms with E-state index in [0.717, 1.165) is 5.56 Å². The number of imidazole rings is 1. The number of hydrogen-bond donors (Lipinski definition) is 1. The van der Waals surface area contributed by atoms with Crippen LogP contribution in [0.2, 0.25) is 0 Å². The zero-order valence-corrected chi connectivity index (χ0v) is 16.4. The molecule has 4 rings (SSSR count). The molecular weight excluding hydrogens is 390 g/mol. The van der Waals surface area contributed by atoms with Crippen molar-refractivity contribution in [1.29, 1.82) is 0 Å². The van der Waals surface area contributed by atoms with Crippen LogP contribution in [0.15, 0.2) is 47.4 Å². The summed E-state index contributed by atoms with van der Waals surface area (Å²) in [4.78, 5) is 21.3. The molecule has 0 aliphatic rings. The molecule has 29 heavy (non-hydrogen) atoms. The minimum atomic E-state index is -0.198. The molecule has 0 atom stereocenters. The SMILES string of the molecule is [C-]#[N+]c1cccc(-c2cn3c(=O)/c(=C/c4cc(OC)c(O)c(OC)c4)sc3n2)c1. The van der Waals surface area contributed by atoms with E-state index in [9.17, 15) is 9.90 Å². The van der Waals surface area contributed by atoms with Gasteiger partial charge < -0.3 is 14.6 Å². The molecule has 0 saturated carbocycles. The van der Waals surface area contributed by atoms with Gasteiger partial charge in [-0.25, -0.2) is 9.83 Å². The zero-order chi connectivity index (χ0) is 20.5. The van der Waals surface area contributed by atoms with E-state index in [1.165, 1.54) is 30.0 Å². The van der Waals surface area contributed by atoms with Gasteiger partial charge in [0, 0.05) is 6.20 Å². The van der Waals surface area contributed by atoms with E-state index in [2.05, 4.69) is 9.83 Å². The standard InChI is InChI=1S/C21H15N3O4S/c1-22-14-6-4-5-13(10-14)15-11-24-20(26)18(29-21(24)23-15)9-12-7-16(27-2)19(25)17(8-12)28-3/h4-11,25H,2-3H3/b18-9-. The number of hydrogen-bond acceptors (Lipinski definition) is 6. The lowest BCUT2D eigenvalue weighted by atomic mass is 10.1. The summed E-state index contributed by atoms with van der Waals surface area (Å²) in [7, 11) is 2.89. The fourth-order valence-corrected chi connectivity index (χ4v) is 3.91. The fourth-order valence-electron chi connectivity index (χ4n) is 2.96. The molecule has 144 valence electrons.